The number of carbonyl (C=O) groups is 2. The summed E-state index contributed by atoms with van der Waals surface area (Å²) in [6, 6.07) is -0.426. The first-order valence-electron chi connectivity index (χ1n) is 8.07. The zero-order valence-electron chi connectivity index (χ0n) is 12.8. The highest BCUT2D eigenvalue weighted by Crippen LogP contribution is 2.26. The number of carbonyl (C=O) groups excluding carboxylic acids is 1. The molecule has 2 heterocycles. The summed E-state index contributed by atoms with van der Waals surface area (Å²) >= 11 is 0. The van der Waals surface area contributed by atoms with Crippen LogP contribution in [0.3, 0.4) is 0 Å². The Bertz CT molecular complexity index is 380. The van der Waals surface area contributed by atoms with E-state index in [-0.39, 0.29) is 18.0 Å². The predicted octanol–water partition coefficient (Wildman–Crippen LogP) is 0.654. The normalized spacial score (nSPS) is 26.0. The lowest BCUT2D eigenvalue weighted by Gasteiger charge is -2.39. The summed E-state index contributed by atoms with van der Waals surface area (Å²) in [5, 5.41) is 9.26. The Hall–Kier alpha value is -1.14. The van der Waals surface area contributed by atoms with Crippen LogP contribution in [0.15, 0.2) is 0 Å². The van der Waals surface area contributed by atoms with Crippen LogP contribution in [0.4, 0.5) is 0 Å². The largest absolute Gasteiger partial charge is 0.480 e. The summed E-state index contributed by atoms with van der Waals surface area (Å²) in [5.41, 5.74) is 5.90. The zero-order valence-corrected chi connectivity index (χ0v) is 12.8. The predicted molar refractivity (Wildman–Crippen MR) is 79.8 cm³/mol. The molecule has 2 aliphatic rings. The lowest BCUT2D eigenvalue weighted by atomic mass is 10.0. The molecule has 0 aliphatic carbocycles. The molecule has 0 spiro atoms. The minimum absolute atomic E-state index is 0.0477. The van der Waals surface area contributed by atoms with Crippen LogP contribution < -0.4 is 5.73 Å². The van der Waals surface area contributed by atoms with Gasteiger partial charge in [-0.15, -0.1) is 0 Å². The molecule has 120 valence electrons. The van der Waals surface area contributed by atoms with E-state index in [9.17, 15) is 14.7 Å². The Morgan fingerprint density at radius 3 is 2.48 bits per heavy atom. The molecule has 2 rings (SSSR count). The van der Waals surface area contributed by atoms with Gasteiger partial charge in [0.05, 0.1) is 6.04 Å². The van der Waals surface area contributed by atoms with Crippen LogP contribution in [0.25, 0.3) is 0 Å². The molecule has 0 aromatic rings. The van der Waals surface area contributed by atoms with Crippen molar-refractivity contribution in [3.8, 4) is 0 Å². The summed E-state index contributed by atoms with van der Waals surface area (Å²) in [6.07, 6.45) is 5.06. The quantitative estimate of drug-likeness (QED) is 0.778. The number of piperidine rings is 1. The van der Waals surface area contributed by atoms with Gasteiger partial charge in [0.25, 0.3) is 0 Å². The van der Waals surface area contributed by atoms with Crippen LogP contribution in [0, 0.1) is 0 Å². The number of carboxylic acids is 1. The first kappa shape index (κ1) is 16.2. The standard InChI is InChI=1S/C15H27N3O3/c1-2-4-12(16)14(19)17-9-6-11(7-10-17)18-8-3-5-13(18)15(20)21/h11-13H,2-10,16H2,1H3,(H,20,21)/t12-,13?/m0/s1. The van der Waals surface area contributed by atoms with Crippen LogP contribution >= 0.6 is 0 Å². The van der Waals surface area contributed by atoms with Crippen molar-refractivity contribution in [2.45, 2.75) is 63.6 Å². The third-order valence-electron chi connectivity index (χ3n) is 4.74. The van der Waals surface area contributed by atoms with Gasteiger partial charge < -0.3 is 15.7 Å². The minimum Gasteiger partial charge on any atom is -0.480 e. The minimum atomic E-state index is -0.712. The van der Waals surface area contributed by atoms with Gasteiger partial charge >= 0.3 is 5.97 Å². The first-order chi connectivity index (χ1) is 10.0. The SMILES string of the molecule is CCC[C@H](N)C(=O)N1CCC(N2CCCC2C(=O)O)CC1. The molecule has 0 radical (unpaired) electrons. The van der Waals surface area contributed by atoms with Gasteiger partial charge in [-0.2, -0.15) is 0 Å². The highest BCUT2D eigenvalue weighted by molar-refractivity contribution is 5.81. The molecule has 2 atom stereocenters. The van der Waals surface area contributed by atoms with Crippen LogP contribution in [0.1, 0.15) is 45.4 Å². The summed E-state index contributed by atoms with van der Waals surface area (Å²) in [6.45, 7) is 4.29. The van der Waals surface area contributed by atoms with Gasteiger partial charge in [0.2, 0.25) is 5.91 Å². The number of hydrogen-bond acceptors (Lipinski definition) is 4. The van der Waals surface area contributed by atoms with Crippen molar-refractivity contribution in [3.05, 3.63) is 0 Å². The third-order valence-corrected chi connectivity index (χ3v) is 4.74. The van der Waals surface area contributed by atoms with E-state index in [1.165, 1.54) is 0 Å². The van der Waals surface area contributed by atoms with Gasteiger partial charge in [-0.3, -0.25) is 14.5 Å². The molecule has 6 nitrogen and oxygen atoms in total. The van der Waals surface area contributed by atoms with E-state index in [0.29, 0.717) is 19.1 Å². The maximum absolute atomic E-state index is 12.2. The Balaban J connectivity index is 1.85. The second kappa shape index (κ2) is 7.22. The Morgan fingerprint density at radius 1 is 1.24 bits per heavy atom. The van der Waals surface area contributed by atoms with E-state index in [1.807, 2.05) is 11.8 Å². The second-order valence-electron chi connectivity index (χ2n) is 6.19. The third kappa shape index (κ3) is 3.74. The molecule has 2 fully saturated rings. The van der Waals surface area contributed by atoms with E-state index in [1.54, 1.807) is 0 Å². The summed E-state index contributed by atoms with van der Waals surface area (Å²) in [5.74, 6) is -0.664. The van der Waals surface area contributed by atoms with Gasteiger partial charge in [0.1, 0.15) is 6.04 Å². The molecular weight excluding hydrogens is 270 g/mol. The highest BCUT2D eigenvalue weighted by atomic mass is 16.4. The first-order valence-corrected chi connectivity index (χ1v) is 8.07. The van der Waals surface area contributed by atoms with Gasteiger partial charge in [0, 0.05) is 19.1 Å². The average Bonchev–Trinajstić information content (AvgIpc) is 2.96. The number of hydrogen-bond donors (Lipinski definition) is 2. The number of nitrogens with two attached hydrogens (primary N) is 1. The molecule has 1 unspecified atom stereocenters. The average molecular weight is 297 g/mol. The fraction of sp³-hybridized carbons (Fsp3) is 0.867. The lowest BCUT2D eigenvalue weighted by molar-refractivity contribution is -0.144. The number of likely N-dealkylation sites (tertiary alicyclic amines) is 2. The van der Waals surface area contributed by atoms with Crippen LogP contribution in [-0.4, -0.2) is 64.5 Å². The molecular formula is C15H27N3O3. The summed E-state index contributed by atoms with van der Waals surface area (Å²) < 4.78 is 0. The molecule has 2 saturated heterocycles. The summed E-state index contributed by atoms with van der Waals surface area (Å²) in [4.78, 5) is 27.4. The van der Waals surface area contributed by atoms with Crippen molar-refractivity contribution >= 4 is 11.9 Å². The van der Waals surface area contributed by atoms with Crippen LogP contribution in [0.5, 0.6) is 0 Å². The monoisotopic (exact) mass is 297 g/mol. The highest BCUT2D eigenvalue weighted by Gasteiger charge is 2.37. The van der Waals surface area contributed by atoms with E-state index < -0.39 is 5.97 Å². The Morgan fingerprint density at radius 2 is 1.90 bits per heavy atom. The maximum Gasteiger partial charge on any atom is 0.320 e. The van der Waals surface area contributed by atoms with Gasteiger partial charge in [-0.25, -0.2) is 0 Å². The molecule has 0 aromatic carbocycles. The topological polar surface area (TPSA) is 86.9 Å². The Kier molecular flexibility index (Phi) is 5.58. The van der Waals surface area contributed by atoms with E-state index in [0.717, 1.165) is 45.1 Å². The maximum atomic E-state index is 12.2. The fourth-order valence-corrected chi connectivity index (χ4v) is 3.58. The van der Waals surface area contributed by atoms with Gasteiger partial charge in [-0.05, 0) is 38.6 Å². The fourth-order valence-electron chi connectivity index (χ4n) is 3.58. The van der Waals surface area contributed by atoms with E-state index >= 15 is 0 Å². The molecule has 21 heavy (non-hydrogen) atoms. The number of nitrogens with zero attached hydrogens (tertiary/aromatic N) is 2. The molecule has 2 aliphatic heterocycles. The van der Waals surface area contributed by atoms with Crippen molar-refractivity contribution < 1.29 is 14.7 Å². The molecule has 0 aromatic heterocycles. The Labute approximate surface area is 126 Å². The molecule has 6 heteroatoms. The van der Waals surface area contributed by atoms with Crippen molar-refractivity contribution in [1.29, 1.82) is 0 Å². The lowest BCUT2D eigenvalue weighted by Crippen LogP contribution is -2.52. The molecule has 3 N–H and O–H groups in total. The van der Waals surface area contributed by atoms with E-state index in [2.05, 4.69) is 4.90 Å². The summed E-state index contributed by atoms with van der Waals surface area (Å²) in [7, 11) is 0. The number of rotatable bonds is 5. The zero-order chi connectivity index (χ0) is 15.4. The van der Waals surface area contributed by atoms with Crippen molar-refractivity contribution in [1.82, 2.24) is 9.80 Å². The number of carboxylic acid groups (broad SMARTS) is 1. The molecule has 1 amide bonds. The van der Waals surface area contributed by atoms with Gasteiger partial charge in [-0.1, -0.05) is 13.3 Å². The number of aliphatic carboxylic acids is 1. The van der Waals surface area contributed by atoms with Crippen LogP contribution in [0.2, 0.25) is 0 Å². The van der Waals surface area contributed by atoms with Crippen molar-refractivity contribution in [2.75, 3.05) is 19.6 Å². The van der Waals surface area contributed by atoms with Crippen LogP contribution in [-0.2, 0) is 9.59 Å². The van der Waals surface area contributed by atoms with Crippen molar-refractivity contribution in [2.24, 2.45) is 5.73 Å². The molecule has 0 saturated carbocycles. The second-order valence-corrected chi connectivity index (χ2v) is 6.19. The van der Waals surface area contributed by atoms with E-state index in [4.69, 9.17) is 5.73 Å². The van der Waals surface area contributed by atoms with Gasteiger partial charge in [0.15, 0.2) is 0 Å². The molecule has 0 bridgehead atoms. The smallest absolute Gasteiger partial charge is 0.320 e. The number of amides is 1. The van der Waals surface area contributed by atoms with Crippen molar-refractivity contribution in [3.63, 3.8) is 0 Å².